The van der Waals surface area contributed by atoms with Crippen molar-refractivity contribution >= 4 is 27.7 Å². The average Bonchev–Trinajstić information content (AvgIpc) is 2.95. The Kier molecular flexibility index (Phi) is 3.88. The summed E-state index contributed by atoms with van der Waals surface area (Å²) in [6.07, 6.45) is 0.790. The minimum Gasteiger partial charge on any atom is -0.493 e. The van der Waals surface area contributed by atoms with Crippen LogP contribution in [0.25, 0.3) is 10.1 Å². The van der Waals surface area contributed by atoms with E-state index in [2.05, 4.69) is 18.2 Å². The number of ether oxygens (including phenoxy) is 2. The molecule has 3 aromatic rings. The van der Waals surface area contributed by atoms with E-state index in [1.54, 1.807) is 36.6 Å². The Bertz CT molecular complexity index is 744. The predicted molar refractivity (Wildman–Crippen MR) is 84.5 cm³/mol. The van der Waals surface area contributed by atoms with Crippen LogP contribution in [0.4, 0.5) is 0 Å². The van der Waals surface area contributed by atoms with Gasteiger partial charge in [0.25, 0.3) is 0 Å². The van der Waals surface area contributed by atoms with Gasteiger partial charge in [-0.25, -0.2) is 0 Å². The van der Waals surface area contributed by atoms with Crippen molar-refractivity contribution in [3.8, 4) is 11.5 Å². The molecule has 0 atom stereocenters. The summed E-state index contributed by atoms with van der Waals surface area (Å²) in [7, 11) is 1.57. The molecular formula is C17H14O3S. The third kappa shape index (κ3) is 2.90. The SMILES string of the molecule is COc1cc(C=O)ccc1OCc1cc2ccccc2s1. The molecule has 21 heavy (non-hydrogen) atoms. The molecule has 106 valence electrons. The van der Waals surface area contributed by atoms with Crippen molar-refractivity contribution in [3.63, 3.8) is 0 Å². The summed E-state index contributed by atoms with van der Waals surface area (Å²) in [6, 6.07) is 15.5. The molecule has 0 aliphatic heterocycles. The Hall–Kier alpha value is -2.33. The van der Waals surface area contributed by atoms with Crippen LogP contribution in [0.1, 0.15) is 15.2 Å². The lowest BCUT2D eigenvalue weighted by molar-refractivity contribution is 0.112. The topological polar surface area (TPSA) is 35.5 Å². The van der Waals surface area contributed by atoms with Crippen molar-refractivity contribution < 1.29 is 14.3 Å². The summed E-state index contributed by atoms with van der Waals surface area (Å²) in [6.45, 7) is 0.482. The molecule has 0 spiro atoms. The first-order chi connectivity index (χ1) is 10.3. The van der Waals surface area contributed by atoms with Gasteiger partial charge in [-0.05, 0) is 35.7 Å². The second kappa shape index (κ2) is 5.97. The molecule has 4 heteroatoms. The molecule has 0 bridgehead atoms. The normalized spacial score (nSPS) is 10.5. The Morgan fingerprint density at radius 3 is 2.71 bits per heavy atom. The first-order valence-electron chi connectivity index (χ1n) is 6.53. The van der Waals surface area contributed by atoms with Crippen molar-refractivity contribution in [1.82, 2.24) is 0 Å². The van der Waals surface area contributed by atoms with Gasteiger partial charge in [-0.15, -0.1) is 11.3 Å². The molecule has 0 amide bonds. The van der Waals surface area contributed by atoms with Crippen LogP contribution in [0, 0.1) is 0 Å². The molecule has 0 N–H and O–H groups in total. The van der Waals surface area contributed by atoms with Crippen molar-refractivity contribution in [1.29, 1.82) is 0 Å². The predicted octanol–water partition coefficient (Wildman–Crippen LogP) is 4.30. The minimum atomic E-state index is 0.482. The molecule has 1 aromatic heterocycles. The average molecular weight is 298 g/mol. The lowest BCUT2D eigenvalue weighted by atomic mass is 10.2. The Morgan fingerprint density at radius 2 is 1.95 bits per heavy atom. The molecule has 2 aromatic carbocycles. The van der Waals surface area contributed by atoms with Gasteiger partial charge < -0.3 is 9.47 Å². The van der Waals surface area contributed by atoms with E-state index in [1.807, 2.05) is 12.1 Å². The van der Waals surface area contributed by atoms with Crippen LogP contribution in [0.15, 0.2) is 48.5 Å². The summed E-state index contributed by atoms with van der Waals surface area (Å²) in [5.74, 6) is 1.21. The van der Waals surface area contributed by atoms with Gasteiger partial charge in [0.05, 0.1) is 7.11 Å². The van der Waals surface area contributed by atoms with Crippen molar-refractivity contribution in [3.05, 3.63) is 59.0 Å². The maximum Gasteiger partial charge on any atom is 0.161 e. The smallest absolute Gasteiger partial charge is 0.161 e. The molecule has 0 saturated heterocycles. The van der Waals surface area contributed by atoms with E-state index in [-0.39, 0.29) is 0 Å². The van der Waals surface area contributed by atoms with Crippen LogP contribution in [-0.4, -0.2) is 13.4 Å². The maximum atomic E-state index is 10.8. The van der Waals surface area contributed by atoms with E-state index in [0.717, 1.165) is 11.2 Å². The van der Waals surface area contributed by atoms with Crippen LogP contribution in [-0.2, 0) is 6.61 Å². The summed E-state index contributed by atoms with van der Waals surface area (Å²) in [4.78, 5) is 11.9. The van der Waals surface area contributed by atoms with Crippen LogP contribution in [0.5, 0.6) is 11.5 Å². The highest BCUT2D eigenvalue weighted by atomic mass is 32.1. The highest BCUT2D eigenvalue weighted by Crippen LogP contribution is 2.30. The largest absolute Gasteiger partial charge is 0.493 e. The molecular weight excluding hydrogens is 284 g/mol. The molecule has 0 aliphatic carbocycles. The Labute approximate surface area is 126 Å². The van der Waals surface area contributed by atoms with Gasteiger partial charge >= 0.3 is 0 Å². The van der Waals surface area contributed by atoms with E-state index in [4.69, 9.17) is 9.47 Å². The van der Waals surface area contributed by atoms with Gasteiger partial charge in [0.15, 0.2) is 11.5 Å². The van der Waals surface area contributed by atoms with Gasteiger partial charge in [-0.2, -0.15) is 0 Å². The molecule has 0 saturated carbocycles. The first kappa shape index (κ1) is 13.6. The third-order valence-corrected chi connectivity index (χ3v) is 4.26. The number of carbonyl (C=O) groups is 1. The molecule has 0 radical (unpaired) electrons. The quantitative estimate of drug-likeness (QED) is 0.659. The second-order valence-corrected chi connectivity index (χ2v) is 5.74. The summed E-state index contributed by atoms with van der Waals surface area (Å²) >= 11 is 1.72. The molecule has 1 heterocycles. The zero-order chi connectivity index (χ0) is 14.7. The van der Waals surface area contributed by atoms with Crippen molar-refractivity contribution in [2.45, 2.75) is 6.61 Å². The Balaban J connectivity index is 1.79. The number of hydrogen-bond donors (Lipinski definition) is 0. The number of hydrogen-bond acceptors (Lipinski definition) is 4. The van der Waals surface area contributed by atoms with Crippen molar-refractivity contribution in [2.24, 2.45) is 0 Å². The van der Waals surface area contributed by atoms with Gasteiger partial charge in [0.1, 0.15) is 12.9 Å². The summed E-state index contributed by atoms with van der Waals surface area (Å²) < 4.78 is 12.3. The number of aldehydes is 1. The van der Waals surface area contributed by atoms with E-state index in [0.29, 0.717) is 23.7 Å². The van der Waals surface area contributed by atoms with E-state index < -0.39 is 0 Å². The molecule has 3 rings (SSSR count). The first-order valence-corrected chi connectivity index (χ1v) is 7.35. The van der Waals surface area contributed by atoms with Crippen LogP contribution in [0.2, 0.25) is 0 Å². The number of benzene rings is 2. The zero-order valence-corrected chi connectivity index (χ0v) is 12.4. The number of thiophene rings is 1. The summed E-state index contributed by atoms with van der Waals surface area (Å²) in [5.41, 5.74) is 0.570. The highest BCUT2D eigenvalue weighted by Gasteiger charge is 2.07. The lowest BCUT2D eigenvalue weighted by Gasteiger charge is -2.10. The molecule has 0 unspecified atom stereocenters. The number of fused-ring (bicyclic) bond motifs is 1. The fourth-order valence-electron chi connectivity index (χ4n) is 2.13. The third-order valence-electron chi connectivity index (χ3n) is 3.17. The van der Waals surface area contributed by atoms with Crippen LogP contribution < -0.4 is 9.47 Å². The Morgan fingerprint density at radius 1 is 1.10 bits per heavy atom. The fourth-order valence-corrected chi connectivity index (χ4v) is 3.11. The van der Waals surface area contributed by atoms with Crippen LogP contribution >= 0.6 is 11.3 Å². The van der Waals surface area contributed by atoms with Gasteiger partial charge in [-0.1, -0.05) is 18.2 Å². The second-order valence-electron chi connectivity index (χ2n) is 4.57. The van der Waals surface area contributed by atoms with E-state index >= 15 is 0 Å². The lowest BCUT2D eigenvalue weighted by Crippen LogP contribution is -1.96. The van der Waals surface area contributed by atoms with E-state index in [1.165, 1.54) is 10.1 Å². The number of carbonyl (C=O) groups excluding carboxylic acids is 1. The standard InChI is InChI=1S/C17H14O3S/c1-19-16-8-12(10-18)6-7-15(16)20-11-14-9-13-4-2-3-5-17(13)21-14/h2-10H,11H2,1H3. The van der Waals surface area contributed by atoms with Crippen molar-refractivity contribution in [2.75, 3.05) is 7.11 Å². The number of methoxy groups -OCH3 is 1. The highest BCUT2D eigenvalue weighted by molar-refractivity contribution is 7.19. The molecule has 0 fully saturated rings. The van der Waals surface area contributed by atoms with Gasteiger partial charge in [0, 0.05) is 15.1 Å². The minimum absolute atomic E-state index is 0.482. The van der Waals surface area contributed by atoms with E-state index in [9.17, 15) is 4.79 Å². The fraction of sp³-hybridized carbons (Fsp3) is 0.118. The zero-order valence-electron chi connectivity index (χ0n) is 11.5. The van der Waals surface area contributed by atoms with Gasteiger partial charge in [0.2, 0.25) is 0 Å². The molecule has 0 aliphatic rings. The van der Waals surface area contributed by atoms with Crippen LogP contribution in [0.3, 0.4) is 0 Å². The summed E-state index contributed by atoms with van der Waals surface area (Å²) in [5, 5.41) is 1.23. The maximum absolute atomic E-state index is 10.8. The van der Waals surface area contributed by atoms with Gasteiger partial charge in [-0.3, -0.25) is 4.79 Å². The monoisotopic (exact) mass is 298 g/mol. The number of rotatable bonds is 5. The molecule has 3 nitrogen and oxygen atoms in total.